The average Bonchev–Trinajstić information content (AvgIpc) is 3.70. The van der Waals surface area contributed by atoms with Crippen LogP contribution in [0.2, 0.25) is 0 Å². The van der Waals surface area contributed by atoms with Gasteiger partial charge in [0.2, 0.25) is 5.91 Å². The highest BCUT2D eigenvalue weighted by molar-refractivity contribution is 6.01. The summed E-state index contributed by atoms with van der Waals surface area (Å²) in [4.78, 5) is 42.8. The van der Waals surface area contributed by atoms with Crippen molar-refractivity contribution in [2.45, 2.75) is 77.1 Å². The fourth-order valence-corrected chi connectivity index (χ4v) is 5.04. The van der Waals surface area contributed by atoms with Gasteiger partial charge >= 0.3 is 12.3 Å². The number of nitrogens with zero attached hydrogens (tertiary/aromatic N) is 1. The van der Waals surface area contributed by atoms with Gasteiger partial charge in [0.15, 0.2) is 11.5 Å². The molecule has 2 aliphatic rings. The number of fused-ring (bicyclic) bond motifs is 1. The molecular formula is C33H35F2N3O6. The molecule has 232 valence electrons. The second kappa shape index (κ2) is 11.9. The minimum Gasteiger partial charge on any atom is -0.460 e. The molecule has 1 saturated carbocycles. The largest absolute Gasteiger partial charge is 0.586 e. The molecule has 1 aromatic heterocycles. The van der Waals surface area contributed by atoms with E-state index in [-0.39, 0.29) is 35.7 Å². The van der Waals surface area contributed by atoms with Crippen LogP contribution in [0.3, 0.4) is 0 Å². The lowest BCUT2D eigenvalue weighted by molar-refractivity contribution is -0.286. The first-order chi connectivity index (χ1) is 20.7. The molecule has 2 amide bonds. The molecule has 0 atom stereocenters. The lowest BCUT2D eigenvalue weighted by Gasteiger charge is -2.19. The highest BCUT2D eigenvalue weighted by Gasteiger charge is 2.53. The second-order valence-corrected chi connectivity index (χ2v) is 12.1. The lowest BCUT2D eigenvalue weighted by atomic mass is 9.94. The number of aromatic nitrogens is 1. The van der Waals surface area contributed by atoms with Crippen molar-refractivity contribution < 1.29 is 37.4 Å². The molecule has 11 heteroatoms. The molecule has 5 rings (SSSR count). The molecular weight excluding hydrogens is 572 g/mol. The maximum Gasteiger partial charge on any atom is 0.586 e. The van der Waals surface area contributed by atoms with Crippen LogP contribution in [-0.4, -0.2) is 41.2 Å². The maximum absolute atomic E-state index is 13.5. The van der Waals surface area contributed by atoms with Crippen LogP contribution in [0, 0.1) is 6.92 Å². The van der Waals surface area contributed by atoms with Gasteiger partial charge in [-0.3, -0.25) is 14.4 Å². The lowest BCUT2D eigenvalue weighted by Crippen LogP contribution is -2.28. The standard InChI is InChI=1S/C33H35F2N3O6/c1-20-11-14-26(38-30(41)32(15-16-32)23-12-13-24-25(19-23)43-33(34,35)42-24)37-28(20)21-8-7-9-22(18-21)29(40)36-17-6-5-10-27(39)44-31(2,3)4/h7-9,11-14,18-19H,5-6,10,15-17H2,1-4H3,(H,36,40)(H,37,38,41). The highest BCUT2D eigenvalue weighted by atomic mass is 19.3. The van der Waals surface area contributed by atoms with E-state index >= 15 is 0 Å². The molecule has 0 saturated heterocycles. The van der Waals surface area contributed by atoms with Crippen molar-refractivity contribution >= 4 is 23.6 Å². The van der Waals surface area contributed by atoms with Gasteiger partial charge in [-0.1, -0.05) is 24.3 Å². The minimum atomic E-state index is -3.73. The van der Waals surface area contributed by atoms with Gasteiger partial charge in [-0.25, -0.2) is 4.98 Å². The van der Waals surface area contributed by atoms with E-state index < -0.39 is 17.3 Å². The summed E-state index contributed by atoms with van der Waals surface area (Å²) < 4.78 is 41.3. The van der Waals surface area contributed by atoms with Gasteiger partial charge in [-0.15, -0.1) is 8.78 Å². The number of pyridine rings is 1. The smallest absolute Gasteiger partial charge is 0.460 e. The number of hydrogen-bond donors (Lipinski definition) is 2. The molecule has 3 aromatic rings. The van der Waals surface area contributed by atoms with E-state index in [2.05, 4.69) is 25.1 Å². The number of anilines is 1. The third-order valence-electron chi connectivity index (χ3n) is 7.39. The SMILES string of the molecule is Cc1ccc(NC(=O)C2(c3ccc4c(c3)OC(F)(F)O4)CC2)nc1-c1cccc(C(=O)NCCCCC(=O)OC(C)(C)C)c1. The van der Waals surface area contributed by atoms with Crippen molar-refractivity contribution in [2.75, 3.05) is 11.9 Å². The number of halogens is 2. The predicted octanol–water partition coefficient (Wildman–Crippen LogP) is 6.29. The first kappa shape index (κ1) is 30.9. The monoisotopic (exact) mass is 607 g/mol. The van der Waals surface area contributed by atoms with Crippen molar-refractivity contribution in [3.05, 3.63) is 71.3 Å². The Bertz CT molecular complexity index is 1600. The molecule has 0 radical (unpaired) electrons. The highest BCUT2D eigenvalue weighted by Crippen LogP contribution is 2.52. The van der Waals surface area contributed by atoms with Gasteiger partial charge in [0.1, 0.15) is 11.4 Å². The number of carbonyl (C=O) groups is 3. The van der Waals surface area contributed by atoms with E-state index in [4.69, 9.17) is 4.74 Å². The van der Waals surface area contributed by atoms with Gasteiger partial charge in [-0.05, 0) is 94.8 Å². The molecule has 44 heavy (non-hydrogen) atoms. The van der Waals surface area contributed by atoms with E-state index in [9.17, 15) is 23.2 Å². The molecule has 1 aliphatic carbocycles. The molecule has 1 aliphatic heterocycles. The van der Waals surface area contributed by atoms with Crippen LogP contribution < -0.4 is 20.1 Å². The Kier molecular flexibility index (Phi) is 8.33. The molecule has 0 unspecified atom stereocenters. The number of benzene rings is 2. The quantitative estimate of drug-likeness (QED) is 0.206. The van der Waals surface area contributed by atoms with Gasteiger partial charge in [-0.2, -0.15) is 0 Å². The van der Waals surface area contributed by atoms with Crippen LogP contribution in [0.1, 0.15) is 74.4 Å². The van der Waals surface area contributed by atoms with Crippen LogP contribution in [-0.2, 0) is 19.7 Å². The molecule has 1 fully saturated rings. The van der Waals surface area contributed by atoms with E-state index in [1.165, 1.54) is 12.1 Å². The number of amides is 2. The Morgan fingerprint density at radius 2 is 1.73 bits per heavy atom. The van der Waals surface area contributed by atoms with E-state index in [0.29, 0.717) is 60.4 Å². The average molecular weight is 608 g/mol. The zero-order chi connectivity index (χ0) is 31.7. The first-order valence-corrected chi connectivity index (χ1v) is 14.5. The zero-order valence-electron chi connectivity index (χ0n) is 25.1. The summed E-state index contributed by atoms with van der Waals surface area (Å²) in [5, 5.41) is 5.76. The van der Waals surface area contributed by atoms with Crippen LogP contribution >= 0.6 is 0 Å². The Balaban J connectivity index is 1.21. The molecule has 0 bridgehead atoms. The second-order valence-electron chi connectivity index (χ2n) is 12.1. The summed E-state index contributed by atoms with van der Waals surface area (Å²) >= 11 is 0. The number of unbranched alkanes of at least 4 members (excludes halogenated alkanes) is 1. The summed E-state index contributed by atoms with van der Waals surface area (Å²) in [6, 6.07) is 15.0. The van der Waals surface area contributed by atoms with Crippen molar-refractivity contribution in [3.8, 4) is 22.8 Å². The fraction of sp³-hybridized carbons (Fsp3) is 0.394. The number of hydrogen-bond acceptors (Lipinski definition) is 7. The Labute approximate surface area is 254 Å². The van der Waals surface area contributed by atoms with Crippen molar-refractivity contribution in [1.82, 2.24) is 10.3 Å². The Morgan fingerprint density at radius 3 is 2.45 bits per heavy atom. The van der Waals surface area contributed by atoms with E-state index in [0.717, 1.165) is 5.56 Å². The maximum atomic E-state index is 13.5. The summed E-state index contributed by atoms with van der Waals surface area (Å²) in [7, 11) is 0. The van der Waals surface area contributed by atoms with Crippen LogP contribution in [0.4, 0.5) is 14.6 Å². The molecule has 2 aromatic carbocycles. The fourth-order valence-electron chi connectivity index (χ4n) is 5.04. The number of alkyl halides is 2. The number of aryl methyl sites for hydroxylation is 1. The summed E-state index contributed by atoms with van der Waals surface area (Å²) in [6.07, 6.45) is -1.12. The topological polar surface area (TPSA) is 116 Å². The summed E-state index contributed by atoms with van der Waals surface area (Å²) in [5.41, 5.74) is 1.77. The number of nitrogens with one attached hydrogen (secondary N) is 2. The minimum absolute atomic E-state index is 0.0751. The number of rotatable bonds is 10. The van der Waals surface area contributed by atoms with Crippen molar-refractivity contribution in [3.63, 3.8) is 0 Å². The van der Waals surface area contributed by atoms with Gasteiger partial charge in [0.25, 0.3) is 5.91 Å². The third-order valence-corrected chi connectivity index (χ3v) is 7.39. The molecule has 9 nitrogen and oxygen atoms in total. The summed E-state index contributed by atoms with van der Waals surface area (Å²) in [6.45, 7) is 7.77. The molecule has 2 N–H and O–H groups in total. The normalized spacial score (nSPS) is 15.8. The first-order valence-electron chi connectivity index (χ1n) is 14.5. The Hall–Kier alpha value is -4.54. The van der Waals surface area contributed by atoms with Crippen LogP contribution in [0.15, 0.2) is 54.6 Å². The van der Waals surface area contributed by atoms with Crippen molar-refractivity contribution in [1.29, 1.82) is 0 Å². The van der Waals surface area contributed by atoms with Gasteiger partial charge < -0.3 is 24.8 Å². The molecule has 0 spiro atoms. The van der Waals surface area contributed by atoms with Crippen LogP contribution in [0.25, 0.3) is 11.3 Å². The van der Waals surface area contributed by atoms with Gasteiger partial charge in [0.05, 0.1) is 11.1 Å². The van der Waals surface area contributed by atoms with Gasteiger partial charge in [0, 0.05) is 24.1 Å². The van der Waals surface area contributed by atoms with Crippen molar-refractivity contribution in [2.24, 2.45) is 0 Å². The predicted molar refractivity (Wildman–Crippen MR) is 159 cm³/mol. The number of ether oxygens (including phenoxy) is 3. The molecule has 2 heterocycles. The van der Waals surface area contributed by atoms with E-state index in [1.54, 1.807) is 30.3 Å². The summed E-state index contributed by atoms with van der Waals surface area (Å²) in [5.74, 6) is -0.658. The van der Waals surface area contributed by atoms with E-state index in [1.807, 2.05) is 39.8 Å². The van der Waals surface area contributed by atoms with Crippen LogP contribution in [0.5, 0.6) is 11.5 Å². The number of carbonyl (C=O) groups excluding carboxylic acids is 3. The third kappa shape index (κ3) is 7.15. The number of esters is 1. The zero-order valence-corrected chi connectivity index (χ0v) is 25.1. The Morgan fingerprint density at radius 1 is 0.977 bits per heavy atom.